The molecule has 30 heavy (non-hydrogen) atoms. The molecule has 2 heterocycles. The van der Waals surface area contributed by atoms with Crippen molar-refractivity contribution in [3.63, 3.8) is 0 Å². The maximum atomic E-state index is 14.6. The number of alkyl halides is 2. The highest BCUT2D eigenvalue weighted by molar-refractivity contribution is 5.88. The Morgan fingerprint density at radius 2 is 2.07 bits per heavy atom. The quantitative estimate of drug-likeness (QED) is 0.684. The molecule has 1 saturated carbocycles. The molecule has 0 atom stereocenters. The summed E-state index contributed by atoms with van der Waals surface area (Å²) in [5.74, 6) is -3.57. The van der Waals surface area contributed by atoms with Gasteiger partial charge in [0.25, 0.3) is 11.5 Å². The average molecular weight is 413 g/mol. The third-order valence-corrected chi connectivity index (χ3v) is 5.23. The summed E-state index contributed by atoms with van der Waals surface area (Å²) in [6.45, 7) is 2.20. The average Bonchev–Trinajstić information content (AvgIpc) is 3.46. The molecule has 154 valence electrons. The highest BCUT2D eigenvalue weighted by atomic mass is 19.3. The lowest BCUT2D eigenvalue weighted by atomic mass is 10.0. The first-order valence-electron chi connectivity index (χ1n) is 9.37. The smallest absolute Gasteiger partial charge is 0.273 e. The van der Waals surface area contributed by atoms with Crippen molar-refractivity contribution in [1.82, 2.24) is 14.5 Å². The lowest BCUT2D eigenvalue weighted by Crippen LogP contribution is -2.28. The summed E-state index contributed by atoms with van der Waals surface area (Å²) in [6, 6.07) is 7.35. The molecule has 4 rings (SSSR count). The van der Waals surface area contributed by atoms with Gasteiger partial charge < -0.3 is 5.32 Å². The van der Waals surface area contributed by atoms with E-state index in [0.29, 0.717) is 42.3 Å². The second kappa shape index (κ2) is 6.83. The van der Waals surface area contributed by atoms with Crippen molar-refractivity contribution >= 4 is 16.7 Å². The summed E-state index contributed by atoms with van der Waals surface area (Å²) < 4.78 is 43.2. The van der Waals surface area contributed by atoms with Gasteiger partial charge in [0, 0.05) is 31.3 Å². The van der Waals surface area contributed by atoms with Crippen molar-refractivity contribution in [3.05, 3.63) is 63.6 Å². The molecule has 1 aliphatic rings. The van der Waals surface area contributed by atoms with E-state index in [1.807, 2.05) is 0 Å². The van der Waals surface area contributed by atoms with Gasteiger partial charge in [0.05, 0.1) is 22.5 Å². The van der Waals surface area contributed by atoms with Crippen LogP contribution in [0.25, 0.3) is 10.9 Å². The van der Waals surface area contributed by atoms with E-state index in [1.54, 1.807) is 6.92 Å². The van der Waals surface area contributed by atoms with Crippen LogP contribution >= 0.6 is 0 Å². The number of fused-ring (bicyclic) bond motifs is 1. The molecule has 0 saturated heterocycles. The van der Waals surface area contributed by atoms with Gasteiger partial charge in [-0.3, -0.25) is 9.36 Å². The summed E-state index contributed by atoms with van der Waals surface area (Å²) in [7, 11) is 0. The van der Waals surface area contributed by atoms with Crippen molar-refractivity contribution in [1.29, 1.82) is 5.26 Å². The van der Waals surface area contributed by atoms with Gasteiger partial charge in [-0.2, -0.15) is 5.26 Å². The third-order valence-electron chi connectivity index (χ3n) is 5.23. The molecule has 0 spiro atoms. The van der Waals surface area contributed by atoms with Gasteiger partial charge in [0.15, 0.2) is 0 Å². The number of benzene rings is 1. The second-order valence-corrected chi connectivity index (χ2v) is 7.56. The van der Waals surface area contributed by atoms with Crippen LogP contribution in [0.5, 0.6) is 0 Å². The van der Waals surface area contributed by atoms with Crippen molar-refractivity contribution in [2.75, 3.05) is 5.32 Å². The number of nitrogens with zero attached hydrogens (tertiary/aromatic N) is 4. The molecule has 0 aliphatic heterocycles. The predicted molar refractivity (Wildman–Crippen MR) is 105 cm³/mol. The van der Waals surface area contributed by atoms with Gasteiger partial charge in [0.2, 0.25) is 0 Å². The Labute approximate surface area is 170 Å². The molecule has 0 amide bonds. The van der Waals surface area contributed by atoms with E-state index in [-0.39, 0.29) is 17.7 Å². The van der Waals surface area contributed by atoms with Gasteiger partial charge in [-0.05, 0) is 19.8 Å². The zero-order valence-corrected chi connectivity index (χ0v) is 16.3. The Morgan fingerprint density at radius 3 is 2.70 bits per heavy atom. The minimum atomic E-state index is -3.30. The minimum absolute atomic E-state index is 0.0578. The topological polar surface area (TPSA) is 83.6 Å². The van der Waals surface area contributed by atoms with Crippen molar-refractivity contribution in [2.45, 2.75) is 44.7 Å². The van der Waals surface area contributed by atoms with E-state index in [0.717, 1.165) is 6.07 Å². The molecule has 6 nitrogen and oxygen atoms in total. The number of anilines is 1. The number of halogens is 3. The van der Waals surface area contributed by atoms with E-state index >= 15 is 0 Å². The molecule has 1 fully saturated rings. The lowest BCUT2D eigenvalue weighted by molar-refractivity contribution is 0.0136. The first-order valence-corrected chi connectivity index (χ1v) is 9.37. The zero-order valence-electron chi connectivity index (χ0n) is 16.3. The SMILES string of the molecule is Cc1nc(NCc2cccc(C(C)(F)F)c2F)c2cn(C3(C#N)CC3)c(=O)cc2n1. The molecule has 0 bridgehead atoms. The van der Waals surface area contributed by atoms with Crippen LogP contribution in [-0.2, 0) is 18.0 Å². The zero-order chi connectivity index (χ0) is 21.7. The molecule has 0 radical (unpaired) electrons. The Morgan fingerprint density at radius 1 is 1.33 bits per heavy atom. The van der Waals surface area contributed by atoms with Gasteiger partial charge in [-0.15, -0.1) is 0 Å². The molecular weight excluding hydrogens is 395 g/mol. The van der Waals surface area contributed by atoms with E-state index in [9.17, 15) is 23.2 Å². The highest BCUT2D eigenvalue weighted by Crippen LogP contribution is 2.42. The first-order chi connectivity index (χ1) is 14.1. The van der Waals surface area contributed by atoms with Crippen LogP contribution in [0.1, 0.15) is 36.7 Å². The monoisotopic (exact) mass is 413 g/mol. The van der Waals surface area contributed by atoms with Crippen LogP contribution in [0.15, 0.2) is 35.3 Å². The number of nitrogens with one attached hydrogen (secondary N) is 1. The minimum Gasteiger partial charge on any atom is -0.365 e. The van der Waals surface area contributed by atoms with Crippen LogP contribution in [0, 0.1) is 24.1 Å². The van der Waals surface area contributed by atoms with Crippen LogP contribution in [0.2, 0.25) is 0 Å². The summed E-state index contributed by atoms with van der Waals surface area (Å²) in [6.07, 6.45) is 2.68. The molecule has 0 unspecified atom stereocenters. The van der Waals surface area contributed by atoms with Crippen molar-refractivity contribution in [2.24, 2.45) is 0 Å². The van der Waals surface area contributed by atoms with Gasteiger partial charge >= 0.3 is 0 Å². The van der Waals surface area contributed by atoms with E-state index in [4.69, 9.17) is 0 Å². The number of hydrogen-bond acceptors (Lipinski definition) is 5. The fourth-order valence-corrected chi connectivity index (χ4v) is 3.45. The number of rotatable bonds is 5. The Bertz CT molecular complexity index is 1250. The van der Waals surface area contributed by atoms with E-state index in [2.05, 4.69) is 21.4 Å². The first kappa shape index (κ1) is 19.9. The third kappa shape index (κ3) is 3.38. The Balaban J connectivity index is 1.74. The largest absolute Gasteiger partial charge is 0.365 e. The molecule has 1 N–H and O–H groups in total. The summed E-state index contributed by atoms with van der Waals surface area (Å²) >= 11 is 0. The summed E-state index contributed by atoms with van der Waals surface area (Å²) in [5, 5.41) is 12.9. The van der Waals surface area contributed by atoms with Crippen molar-refractivity contribution < 1.29 is 13.2 Å². The number of hydrogen-bond donors (Lipinski definition) is 1. The molecule has 3 aromatic rings. The standard InChI is InChI=1S/C21H18F3N5O/c1-12-27-16-8-17(30)29(21(11-25)6-7-21)10-14(16)19(28-12)26-9-13-4-3-5-15(18(13)22)20(2,23)24/h3-5,8,10H,6-7,9H2,1-2H3,(H,26,27,28). The van der Waals surface area contributed by atoms with Crippen LogP contribution in [0.3, 0.4) is 0 Å². The molecular formula is C21H18F3N5O. The maximum absolute atomic E-state index is 14.6. The highest BCUT2D eigenvalue weighted by Gasteiger charge is 2.46. The predicted octanol–water partition coefficient (Wildman–Crippen LogP) is 3.98. The van der Waals surface area contributed by atoms with Gasteiger partial charge in [-0.1, -0.05) is 18.2 Å². The molecule has 2 aromatic heterocycles. The van der Waals surface area contributed by atoms with E-state index in [1.165, 1.54) is 29.0 Å². The maximum Gasteiger partial charge on any atom is 0.273 e. The summed E-state index contributed by atoms with van der Waals surface area (Å²) in [5.41, 5.74) is -1.43. The number of aryl methyl sites for hydroxylation is 1. The number of aromatic nitrogens is 3. The van der Waals surface area contributed by atoms with Crippen LogP contribution in [0.4, 0.5) is 19.0 Å². The van der Waals surface area contributed by atoms with Crippen LogP contribution < -0.4 is 10.9 Å². The molecule has 1 aliphatic carbocycles. The van der Waals surface area contributed by atoms with Gasteiger partial charge in [0.1, 0.15) is 23.0 Å². The number of pyridine rings is 1. The van der Waals surface area contributed by atoms with E-state index < -0.39 is 22.8 Å². The fourth-order valence-electron chi connectivity index (χ4n) is 3.45. The fraction of sp³-hybridized carbons (Fsp3) is 0.333. The molecule has 1 aromatic carbocycles. The summed E-state index contributed by atoms with van der Waals surface area (Å²) in [4.78, 5) is 21.1. The van der Waals surface area contributed by atoms with Gasteiger partial charge in [-0.25, -0.2) is 23.1 Å². The number of nitriles is 1. The lowest BCUT2D eigenvalue weighted by Gasteiger charge is -2.16. The van der Waals surface area contributed by atoms with Crippen molar-refractivity contribution in [3.8, 4) is 6.07 Å². The Hall–Kier alpha value is -3.41. The van der Waals surface area contributed by atoms with Crippen LogP contribution in [-0.4, -0.2) is 14.5 Å². The normalized spacial score (nSPS) is 15.1. The second-order valence-electron chi connectivity index (χ2n) is 7.56. The Kier molecular flexibility index (Phi) is 4.53. The molecule has 9 heteroatoms.